The predicted molar refractivity (Wildman–Crippen MR) is 69.8 cm³/mol. The average molecular weight is 217 g/mol. The molecule has 0 bridgehead atoms. The lowest BCUT2D eigenvalue weighted by Crippen LogP contribution is -1.68. The zero-order valence-electron chi connectivity index (χ0n) is 9.29. The number of hydrogen-bond acceptors (Lipinski definition) is 1. The summed E-state index contributed by atoms with van der Waals surface area (Å²) in [5, 5.41) is 4.81. The van der Waals surface area contributed by atoms with Crippen LogP contribution in [0, 0.1) is 6.92 Å². The van der Waals surface area contributed by atoms with Gasteiger partial charge in [-0.05, 0) is 41.5 Å². The highest BCUT2D eigenvalue weighted by Crippen LogP contribution is 2.27. The molecule has 0 unspecified atom stereocenters. The number of thiophene rings is 1. The minimum absolute atomic E-state index is 1.24. The van der Waals surface area contributed by atoms with Gasteiger partial charge in [0.1, 0.15) is 0 Å². The Morgan fingerprint density at radius 1 is 1.20 bits per heavy atom. The summed E-state index contributed by atoms with van der Waals surface area (Å²) in [4.78, 5) is 3.27. The Morgan fingerprint density at radius 2 is 2.00 bits per heavy atom. The van der Waals surface area contributed by atoms with Crippen LogP contribution in [0.5, 0.6) is 0 Å². The van der Waals surface area contributed by atoms with Crippen LogP contribution in [0.15, 0.2) is 29.8 Å². The first kappa shape index (κ1) is 10.2. The maximum absolute atomic E-state index is 3.27. The van der Waals surface area contributed by atoms with Gasteiger partial charge >= 0.3 is 0 Å². The molecule has 3 rings (SSSR count). The van der Waals surface area contributed by atoms with Crippen LogP contribution in [0.1, 0.15) is 19.4 Å². The minimum Gasteiger partial charge on any atom is -0.361 e. The number of fused-ring (bicyclic) bond motifs is 2. The second-order valence-electron chi connectivity index (χ2n) is 3.33. The number of H-pyrrole nitrogens is 1. The molecule has 1 N–H and O–H groups in total. The fourth-order valence-corrected chi connectivity index (χ4v) is 2.53. The molecule has 0 amide bonds. The van der Waals surface area contributed by atoms with Crippen LogP contribution in [0.3, 0.4) is 0 Å². The molecular formula is C13H15NS. The molecule has 3 aromatic rings. The van der Waals surface area contributed by atoms with E-state index in [9.17, 15) is 0 Å². The number of aromatic amines is 1. The number of benzene rings is 1. The van der Waals surface area contributed by atoms with E-state index in [2.05, 4.69) is 41.7 Å². The number of aryl methyl sites for hydroxylation is 1. The maximum Gasteiger partial charge on any atom is 0.0463 e. The number of rotatable bonds is 0. The van der Waals surface area contributed by atoms with Gasteiger partial charge in [-0.1, -0.05) is 13.8 Å². The number of hydrogen-bond donors (Lipinski definition) is 1. The van der Waals surface area contributed by atoms with Gasteiger partial charge in [0, 0.05) is 21.8 Å². The van der Waals surface area contributed by atoms with Crippen molar-refractivity contribution >= 4 is 32.3 Å². The Labute approximate surface area is 93.7 Å². The molecule has 1 aromatic carbocycles. The zero-order chi connectivity index (χ0) is 10.8. The smallest absolute Gasteiger partial charge is 0.0463 e. The quantitative estimate of drug-likeness (QED) is 0.561. The second-order valence-corrected chi connectivity index (χ2v) is 4.28. The zero-order valence-corrected chi connectivity index (χ0v) is 10.1. The van der Waals surface area contributed by atoms with E-state index in [4.69, 9.17) is 0 Å². The molecule has 0 spiro atoms. The molecule has 1 nitrogen and oxygen atoms in total. The summed E-state index contributed by atoms with van der Waals surface area (Å²) in [6.45, 7) is 6.14. The van der Waals surface area contributed by atoms with E-state index in [0.29, 0.717) is 0 Å². The summed E-state index contributed by atoms with van der Waals surface area (Å²) in [5.74, 6) is 0. The molecule has 0 aliphatic heterocycles. The monoisotopic (exact) mass is 217 g/mol. The fraction of sp³-hybridized carbons (Fsp3) is 0.231. The van der Waals surface area contributed by atoms with Crippen molar-refractivity contribution in [2.75, 3.05) is 0 Å². The Morgan fingerprint density at radius 3 is 2.80 bits per heavy atom. The van der Waals surface area contributed by atoms with E-state index in [-0.39, 0.29) is 0 Å². The first-order valence-corrected chi connectivity index (χ1v) is 6.17. The molecule has 78 valence electrons. The minimum atomic E-state index is 1.24. The van der Waals surface area contributed by atoms with Gasteiger partial charge in [0.05, 0.1) is 0 Å². The molecular weight excluding hydrogens is 202 g/mol. The van der Waals surface area contributed by atoms with E-state index in [1.807, 2.05) is 13.8 Å². The van der Waals surface area contributed by atoms with Gasteiger partial charge in [0.15, 0.2) is 0 Å². The normalized spacial score (nSPS) is 10.3. The van der Waals surface area contributed by atoms with Crippen molar-refractivity contribution in [1.29, 1.82) is 0 Å². The van der Waals surface area contributed by atoms with E-state index < -0.39 is 0 Å². The van der Waals surface area contributed by atoms with Crippen molar-refractivity contribution in [2.45, 2.75) is 20.8 Å². The Bertz CT molecular complexity index is 574. The van der Waals surface area contributed by atoms with Crippen LogP contribution >= 0.6 is 11.3 Å². The van der Waals surface area contributed by atoms with E-state index in [1.54, 1.807) is 11.3 Å². The van der Waals surface area contributed by atoms with E-state index in [1.165, 1.54) is 26.6 Å². The average Bonchev–Trinajstić information content (AvgIpc) is 2.86. The SMILES string of the molecule is CC.Cc1c[nH]c2cc3ccsc3cc12. The van der Waals surface area contributed by atoms with Crippen molar-refractivity contribution in [3.63, 3.8) is 0 Å². The first-order chi connectivity index (χ1) is 7.34. The van der Waals surface area contributed by atoms with Crippen LogP contribution in [0.4, 0.5) is 0 Å². The summed E-state index contributed by atoms with van der Waals surface area (Å²) in [6.07, 6.45) is 2.06. The topological polar surface area (TPSA) is 15.8 Å². The van der Waals surface area contributed by atoms with Crippen LogP contribution in [-0.4, -0.2) is 4.98 Å². The van der Waals surface area contributed by atoms with Crippen LogP contribution < -0.4 is 0 Å². The summed E-state index contributed by atoms with van der Waals surface area (Å²) in [7, 11) is 0. The van der Waals surface area contributed by atoms with Gasteiger partial charge in [0.2, 0.25) is 0 Å². The maximum atomic E-state index is 3.27. The highest BCUT2D eigenvalue weighted by molar-refractivity contribution is 7.17. The van der Waals surface area contributed by atoms with Gasteiger partial charge in [0.25, 0.3) is 0 Å². The molecule has 0 aliphatic carbocycles. The Balaban J connectivity index is 0.000000404. The molecule has 0 aliphatic rings. The number of nitrogens with one attached hydrogen (secondary N) is 1. The number of aromatic nitrogens is 1. The van der Waals surface area contributed by atoms with Crippen molar-refractivity contribution in [1.82, 2.24) is 4.98 Å². The third-order valence-corrected chi connectivity index (χ3v) is 3.34. The highest BCUT2D eigenvalue weighted by Gasteiger charge is 2.01. The van der Waals surface area contributed by atoms with Crippen LogP contribution in [-0.2, 0) is 0 Å². The van der Waals surface area contributed by atoms with Gasteiger partial charge in [-0.15, -0.1) is 11.3 Å². The largest absolute Gasteiger partial charge is 0.361 e. The lowest BCUT2D eigenvalue weighted by Gasteiger charge is -1.92. The molecule has 2 aromatic heterocycles. The predicted octanol–water partition coefficient (Wildman–Crippen LogP) is 4.72. The van der Waals surface area contributed by atoms with Gasteiger partial charge < -0.3 is 4.98 Å². The van der Waals surface area contributed by atoms with Crippen LogP contribution in [0.25, 0.3) is 21.0 Å². The van der Waals surface area contributed by atoms with Crippen molar-refractivity contribution in [2.24, 2.45) is 0 Å². The van der Waals surface area contributed by atoms with E-state index >= 15 is 0 Å². The summed E-state index contributed by atoms with van der Waals surface area (Å²) in [6, 6.07) is 6.64. The third-order valence-electron chi connectivity index (χ3n) is 2.46. The first-order valence-electron chi connectivity index (χ1n) is 5.29. The molecule has 2 heterocycles. The van der Waals surface area contributed by atoms with E-state index in [0.717, 1.165) is 0 Å². The van der Waals surface area contributed by atoms with Gasteiger partial charge in [-0.25, -0.2) is 0 Å². The molecule has 0 fully saturated rings. The van der Waals surface area contributed by atoms with Crippen LogP contribution in [0.2, 0.25) is 0 Å². The second kappa shape index (κ2) is 4.07. The summed E-state index contributed by atoms with van der Waals surface area (Å²) >= 11 is 1.80. The molecule has 15 heavy (non-hydrogen) atoms. The fourth-order valence-electron chi connectivity index (χ4n) is 1.72. The molecule has 0 radical (unpaired) electrons. The summed E-state index contributed by atoms with van der Waals surface area (Å²) in [5.41, 5.74) is 2.56. The molecule has 0 atom stereocenters. The lowest BCUT2D eigenvalue weighted by atomic mass is 10.1. The molecule has 0 saturated heterocycles. The van der Waals surface area contributed by atoms with Gasteiger partial charge in [-0.2, -0.15) is 0 Å². The lowest BCUT2D eigenvalue weighted by molar-refractivity contribution is 1.43. The Kier molecular flexibility index (Phi) is 2.78. The molecule has 2 heteroatoms. The Hall–Kier alpha value is -1.28. The third kappa shape index (κ3) is 1.65. The van der Waals surface area contributed by atoms with Crippen molar-refractivity contribution < 1.29 is 0 Å². The van der Waals surface area contributed by atoms with Crippen molar-refractivity contribution in [3.8, 4) is 0 Å². The molecule has 0 saturated carbocycles. The van der Waals surface area contributed by atoms with Crippen molar-refractivity contribution in [3.05, 3.63) is 35.3 Å². The highest BCUT2D eigenvalue weighted by atomic mass is 32.1. The standard InChI is InChI=1S/C11H9NS.C2H6/c1-7-6-12-10-4-8-2-3-13-11(8)5-9(7)10;1-2/h2-6,12H,1H3;1-2H3. The van der Waals surface area contributed by atoms with Gasteiger partial charge in [-0.3, -0.25) is 0 Å². The summed E-state index contributed by atoms with van der Waals surface area (Å²) < 4.78 is 1.37.